The average molecular weight is 166 g/mol. The Hall–Kier alpha value is 0.400. The number of rotatable bonds is 0. The number of halogens is 1. The van der Waals surface area contributed by atoms with Crippen LogP contribution in [0, 0.1) is 0 Å². The monoisotopic (exact) mass is 165 g/mol. The summed E-state index contributed by atoms with van der Waals surface area (Å²) < 4.78 is 0. The van der Waals surface area contributed by atoms with Gasteiger partial charge >= 0.3 is 0 Å². The Balaban J connectivity index is 0.000000360. The van der Waals surface area contributed by atoms with Crippen molar-refractivity contribution in [3.8, 4) is 0 Å². The molecule has 0 aromatic rings. The van der Waals surface area contributed by atoms with E-state index in [4.69, 9.17) is 0 Å². The zero-order valence-corrected chi connectivity index (χ0v) is 5.79. The summed E-state index contributed by atoms with van der Waals surface area (Å²) in [4.78, 5) is 0. The molecule has 0 aliphatic carbocycles. The van der Waals surface area contributed by atoms with Crippen molar-refractivity contribution in [1.82, 2.24) is 10.6 Å². The standard InChI is InChI=1S/C4H10N2.BrH/c1-2-6-4-3-5-1;/h5-6H,1-4H2;1H/p-1. The van der Waals surface area contributed by atoms with Gasteiger partial charge in [0.2, 0.25) is 0 Å². The molecule has 7 heavy (non-hydrogen) atoms. The Kier molecular flexibility index (Phi) is 4.82. The molecule has 1 fully saturated rings. The van der Waals surface area contributed by atoms with E-state index in [2.05, 4.69) is 10.6 Å². The largest absolute Gasteiger partial charge is 1.00 e. The van der Waals surface area contributed by atoms with E-state index in [0.29, 0.717) is 0 Å². The lowest BCUT2D eigenvalue weighted by molar-refractivity contribution is -0.00000133. The van der Waals surface area contributed by atoms with Crippen molar-refractivity contribution in [2.24, 2.45) is 0 Å². The highest BCUT2D eigenvalue weighted by Crippen LogP contribution is 1.65. The fraction of sp³-hybridized carbons (Fsp3) is 1.00. The van der Waals surface area contributed by atoms with Crippen LogP contribution in [-0.4, -0.2) is 26.2 Å². The van der Waals surface area contributed by atoms with Crippen molar-refractivity contribution in [1.29, 1.82) is 0 Å². The molecule has 0 spiro atoms. The predicted octanol–water partition coefficient (Wildman–Crippen LogP) is -3.82. The highest BCUT2D eigenvalue weighted by Gasteiger charge is 1.91. The molecule has 0 radical (unpaired) electrons. The number of hydrogen-bond acceptors (Lipinski definition) is 2. The van der Waals surface area contributed by atoms with E-state index in [0.717, 1.165) is 26.2 Å². The maximum atomic E-state index is 3.22. The highest BCUT2D eigenvalue weighted by atomic mass is 79.9. The summed E-state index contributed by atoms with van der Waals surface area (Å²) in [6.07, 6.45) is 0. The van der Waals surface area contributed by atoms with Gasteiger partial charge in [-0.25, -0.2) is 0 Å². The number of piperazine rings is 1. The first-order valence-electron chi connectivity index (χ1n) is 2.41. The van der Waals surface area contributed by atoms with Gasteiger partial charge in [0, 0.05) is 26.2 Å². The van der Waals surface area contributed by atoms with E-state index in [-0.39, 0.29) is 17.0 Å². The van der Waals surface area contributed by atoms with Gasteiger partial charge in [-0.05, 0) is 0 Å². The van der Waals surface area contributed by atoms with Crippen molar-refractivity contribution in [2.75, 3.05) is 26.2 Å². The van der Waals surface area contributed by atoms with Crippen LogP contribution in [0.5, 0.6) is 0 Å². The van der Waals surface area contributed by atoms with Crippen LogP contribution in [0.15, 0.2) is 0 Å². The third-order valence-electron chi connectivity index (χ3n) is 0.957. The quantitative estimate of drug-likeness (QED) is 0.385. The minimum atomic E-state index is 0. The Bertz CT molecular complexity index is 25.2. The van der Waals surface area contributed by atoms with Crippen LogP contribution in [0.1, 0.15) is 0 Å². The third kappa shape index (κ3) is 3.02. The van der Waals surface area contributed by atoms with Gasteiger partial charge in [0.25, 0.3) is 0 Å². The summed E-state index contributed by atoms with van der Waals surface area (Å²) >= 11 is 0. The summed E-state index contributed by atoms with van der Waals surface area (Å²) in [5.41, 5.74) is 0. The molecule has 1 rings (SSSR count). The van der Waals surface area contributed by atoms with Crippen LogP contribution in [0.3, 0.4) is 0 Å². The van der Waals surface area contributed by atoms with Gasteiger partial charge in [0.1, 0.15) is 0 Å². The van der Waals surface area contributed by atoms with Crippen LogP contribution < -0.4 is 27.6 Å². The predicted molar refractivity (Wildman–Crippen MR) is 25.7 cm³/mol. The maximum absolute atomic E-state index is 3.22. The van der Waals surface area contributed by atoms with Gasteiger partial charge in [-0.1, -0.05) is 0 Å². The summed E-state index contributed by atoms with van der Waals surface area (Å²) in [7, 11) is 0. The molecule has 0 amide bonds. The molecule has 0 aromatic heterocycles. The van der Waals surface area contributed by atoms with Crippen LogP contribution in [0.4, 0.5) is 0 Å². The molecule has 0 saturated carbocycles. The number of hydrogen-bond donors (Lipinski definition) is 2. The van der Waals surface area contributed by atoms with Crippen LogP contribution in [-0.2, 0) is 0 Å². The highest BCUT2D eigenvalue weighted by molar-refractivity contribution is 4.59. The van der Waals surface area contributed by atoms with Crippen molar-refractivity contribution in [3.63, 3.8) is 0 Å². The van der Waals surface area contributed by atoms with Crippen molar-refractivity contribution in [3.05, 3.63) is 0 Å². The second-order valence-corrected chi connectivity index (χ2v) is 1.50. The lowest BCUT2D eigenvalue weighted by Crippen LogP contribution is -3.00. The minimum absolute atomic E-state index is 0. The maximum Gasteiger partial charge on any atom is 0.00772 e. The molecule has 3 heteroatoms. The van der Waals surface area contributed by atoms with Crippen molar-refractivity contribution < 1.29 is 17.0 Å². The molecule has 0 bridgehead atoms. The smallest absolute Gasteiger partial charge is 0.00772 e. The molecular formula is C4H10BrN2-. The molecule has 2 N–H and O–H groups in total. The lowest BCUT2D eigenvalue weighted by atomic mass is 10.4. The topological polar surface area (TPSA) is 24.1 Å². The third-order valence-corrected chi connectivity index (χ3v) is 0.957. The first-order chi connectivity index (χ1) is 3.00. The molecule has 0 atom stereocenters. The molecule has 1 saturated heterocycles. The molecule has 2 nitrogen and oxygen atoms in total. The lowest BCUT2D eigenvalue weighted by Gasteiger charge is -2.11. The fourth-order valence-electron chi connectivity index (χ4n) is 0.604. The van der Waals surface area contributed by atoms with Gasteiger partial charge in [0.15, 0.2) is 0 Å². The minimum Gasteiger partial charge on any atom is -1.00 e. The molecule has 1 heterocycles. The molecule has 44 valence electrons. The zero-order chi connectivity index (χ0) is 4.24. The molecule has 1 aliphatic rings. The second kappa shape index (κ2) is 4.56. The molecular weight excluding hydrogens is 156 g/mol. The van der Waals surface area contributed by atoms with E-state index in [1.807, 2.05) is 0 Å². The summed E-state index contributed by atoms with van der Waals surface area (Å²) in [5.74, 6) is 0. The summed E-state index contributed by atoms with van der Waals surface area (Å²) in [6.45, 7) is 4.56. The Morgan fingerprint density at radius 2 is 1.00 bits per heavy atom. The first-order valence-corrected chi connectivity index (χ1v) is 2.41. The van der Waals surface area contributed by atoms with E-state index < -0.39 is 0 Å². The van der Waals surface area contributed by atoms with Crippen LogP contribution in [0.25, 0.3) is 0 Å². The Morgan fingerprint density at radius 1 is 0.714 bits per heavy atom. The first kappa shape index (κ1) is 7.40. The van der Waals surface area contributed by atoms with E-state index in [1.54, 1.807) is 0 Å². The van der Waals surface area contributed by atoms with Crippen LogP contribution >= 0.6 is 0 Å². The fourth-order valence-corrected chi connectivity index (χ4v) is 0.604. The normalized spacial score (nSPS) is 20.6. The Morgan fingerprint density at radius 3 is 1.14 bits per heavy atom. The molecule has 1 aliphatic heterocycles. The molecule has 0 unspecified atom stereocenters. The van der Waals surface area contributed by atoms with Crippen molar-refractivity contribution in [2.45, 2.75) is 0 Å². The van der Waals surface area contributed by atoms with Crippen LogP contribution in [0.2, 0.25) is 0 Å². The van der Waals surface area contributed by atoms with Gasteiger partial charge in [-0.15, -0.1) is 0 Å². The summed E-state index contributed by atoms with van der Waals surface area (Å²) in [5, 5.41) is 6.44. The number of nitrogens with one attached hydrogen (secondary N) is 2. The van der Waals surface area contributed by atoms with E-state index >= 15 is 0 Å². The zero-order valence-electron chi connectivity index (χ0n) is 4.21. The van der Waals surface area contributed by atoms with Gasteiger partial charge in [-0.3, -0.25) is 0 Å². The van der Waals surface area contributed by atoms with Crippen molar-refractivity contribution >= 4 is 0 Å². The van der Waals surface area contributed by atoms with E-state index in [9.17, 15) is 0 Å². The molecule has 0 aromatic carbocycles. The Labute approximate surface area is 54.4 Å². The average Bonchev–Trinajstić information content (AvgIpc) is 1.72. The second-order valence-electron chi connectivity index (χ2n) is 1.50. The van der Waals surface area contributed by atoms with Gasteiger partial charge in [-0.2, -0.15) is 0 Å². The van der Waals surface area contributed by atoms with E-state index in [1.165, 1.54) is 0 Å². The SMILES string of the molecule is C1CNCCN1.[Br-]. The van der Waals surface area contributed by atoms with Gasteiger partial charge in [0.05, 0.1) is 0 Å². The van der Waals surface area contributed by atoms with Gasteiger partial charge < -0.3 is 27.6 Å². The summed E-state index contributed by atoms with van der Waals surface area (Å²) in [6, 6.07) is 0.